The summed E-state index contributed by atoms with van der Waals surface area (Å²) in [5.74, 6) is 0.208. The second kappa shape index (κ2) is 8.65. The first-order valence-electron chi connectivity index (χ1n) is 9.12. The number of benzene rings is 2. The van der Waals surface area contributed by atoms with Crippen molar-refractivity contribution in [3.63, 3.8) is 0 Å². The molecule has 2 aromatic rings. The minimum atomic E-state index is -4.11. The molecule has 0 aliphatic heterocycles. The van der Waals surface area contributed by atoms with Crippen LogP contribution in [0.15, 0.2) is 47.4 Å². The van der Waals surface area contributed by atoms with Gasteiger partial charge in [0, 0.05) is 12.6 Å². The summed E-state index contributed by atoms with van der Waals surface area (Å²) in [5.41, 5.74) is 1.19. The number of ether oxygens (including phenoxy) is 1. The Hall–Kier alpha value is -2.54. The first kappa shape index (κ1) is 21.8. The van der Waals surface area contributed by atoms with Crippen LogP contribution in [0.2, 0.25) is 0 Å². The van der Waals surface area contributed by atoms with E-state index >= 15 is 0 Å². The van der Waals surface area contributed by atoms with E-state index in [4.69, 9.17) is 8.92 Å². The van der Waals surface area contributed by atoms with Crippen molar-refractivity contribution in [3.05, 3.63) is 48.0 Å². The van der Waals surface area contributed by atoms with Crippen LogP contribution in [-0.4, -0.2) is 20.9 Å². The molecular weight excluding hydrogens is 378 g/mol. The van der Waals surface area contributed by atoms with Gasteiger partial charge in [0.25, 0.3) is 0 Å². The van der Waals surface area contributed by atoms with Gasteiger partial charge in [-0.05, 0) is 53.8 Å². The summed E-state index contributed by atoms with van der Waals surface area (Å²) in [6.45, 7) is 9.77. The maximum absolute atomic E-state index is 13.0. The molecule has 2 aromatic carbocycles. The van der Waals surface area contributed by atoms with Crippen molar-refractivity contribution in [1.29, 1.82) is 0 Å². The van der Waals surface area contributed by atoms with Gasteiger partial charge in [-0.3, -0.25) is 4.79 Å². The molecular formula is C21H27NO5S. The van der Waals surface area contributed by atoms with Crippen molar-refractivity contribution < 1.29 is 22.1 Å². The van der Waals surface area contributed by atoms with Gasteiger partial charge >= 0.3 is 10.1 Å². The Morgan fingerprint density at radius 1 is 1.07 bits per heavy atom. The molecule has 7 heteroatoms. The molecule has 1 amide bonds. The topological polar surface area (TPSA) is 81.7 Å². The summed E-state index contributed by atoms with van der Waals surface area (Å²) in [6.07, 6.45) is 0.756. The molecule has 0 saturated carbocycles. The number of carbonyl (C=O) groups is 1. The minimum absolute atomic E-state index is 0.000637. The zero-order valence-electron chi connectivity index (χ0n) is 16.9. The number of hydrogen-bond acceptors (Lipinski definition) is 5. The van der Waals surface area contributed by atoms with Gasteiger partial charge in [0.1, 0.15) is 16.4 Å². The van der Waals surface area contributed by atoms with E-state index in [1.54, 1.807) is 24.3 Å². The first-order valence-corrected chi connectivity index (χ1v) is 10.5. The standard InChI is InChI=1S/C21H27NO5S/c1-6-13-26-19-12-7-16(21(3,4)5)14-20(19)28(24,25)27-18-10-8-17(9-11-18)22-15(2)23/h7-12,14H,6,13H2,1-5H3,(H,22,23). The fourth-order valence-electron chi connectivity index (χ4n) is 2.47. The smallest absolute Gasteiger partial charge is 0.342 e. The van der Waals surface area contributed by atoms with Crippen molar-refractivity contribution in [2.75, 3.05) is 11.9 Å². The van der Waals surface area contributed by atoms with E-state index in [2.05, 4.69) is 5.32 Å². The lowest BCUT2D eigenvalue weighted by molar-refractivity contribution is -0.114. The molecule has 152 valence electrons. The van der Waals surface area contributed by atoms with Crippen molar-refractivity contribution in [2.24, 2.45) is 0 Å². The van der Waals surface area contributed by atoms with Crippen LogP contribution in [0.5, 0.6) is 11.5 Å². The van der Waals surface area contributed by atoms with Crippen LogP contribution in [0.25, 0.3) is 0 Å². The molecule has 0 bridgehead atoms. The van der Waals surface area contributed by atoms with Crippen LogP contribution < -0.4 is 14.2 Å². The highest BCUT2D eigenvalue weighted by atomic mass is 32.2. The predicted octanol–water partition coefficient (Wildman–Crippen LogP) is 4.50. The van der Waals surface area contributed by atoms with E-state index in [1.165, 1.54) is 19.1 Å². The number of carbonyl (C=O) groups excluding carboxylic acids is 1. The van der Waals surface area contributed by atoms with Gasteiger partial charge in [0.05, 0.1) is 6.61 Å². The van der Waals surface area contributed by atoms with Crippen LogP contribution in [-0.2, 0) is 20.3 Å². The van der Waals surface area contributed by atoms with Gasteiger partial charge in [-0.1, -0.05) is 33.8 Å². The zero-order chi connectivity index (χ0) is 20.9. The second-order valence-corrected chi connectivity index (χ2v) is 9.02. The minimum Gasteiger partial charge on any atom is -0.492 e. The fraction of sp³-hybridized carbons (Fsp3) is 0.381. The third-order valence-electron chi connectivity index (χ3n) is 3.92. The van der Waals surface area contributed by atoms with E-state index < -0.39 is 10.1 Å². The molecule has 0 aromatic heterocycles. The lowest BCUT2D eigenvalue weighted by atomic mass is 9.87. The third kappa shape index (κ3) is 5.73. The van der Waals surface area contributed by atoms with Gasteiger partial charge < -0.3 is 14.2 Å². The first-order chi connectivity index (χ1) is 13.0. The largest absolute Gasteiger partial charge is 0.492 e. The predicted molar refractivity (Wildman–Crippen MR) is 109 cm³/mol. The van der Waals surface area contributed by atoms with E-state index in [0.717, 1.165) is 12.0 Å². The van der Waals surface area contributed by atoms with Gasteiger partial charge in [-0.25, -0.2) is 0 Å². The Balaban J connectivity index is 2.38. The average Bonchev–Trinajstić information content (AvgIpc) is 2.60. The molecule has 0 aliphatic carbocycles. The van der Waals surface area contributed by atoms with Crippen molar-refractivity contribution in [1.82, 2.24) is 0 Å². The molecule has 28 heavy (non-hydrogen) atoms. The van der Waals surface area contributed by atoms with Crippen LogP contribution in [0.1, 0.15) is 46.6 Å². The number of nitrogens with one attached hydrogen (secondary N) is 1. The number of amides is 1. The quantitative estimate of drug-likeness (QED) is 0.686. The summed E-state index contributed by atoms with van der Waals surface area (Å²) in [4.78, 5) is 11.1. The molecule has 0 saturated heterocycles. The molecule has 0 radical (unpaired) electrons. The molecule has 0 unspecified atom stereocenters. The van der Waals surface area contributed by atoms with Gasteiger partial charge in [-0.15, -0.1) is 0 Å². The number of hydrogen-bond donors (Lipinski definition) is 1. The van der Waals surface area contributed by atoms with E-state index in [1.807, 2.05) is 33.8 Å². The molecule has 0 spiro atoms. The van der Waals surface area contributed by atoms with Gasteiger partial charge in [0.2, 0.25) is 5.91 Å². The summed E-state index contributed by atoms with van der Waals surface area (Å²) < 4.78 is 36.9. The highest BCUT2D eigenvalue weighted by Crippen LogP contribution is 2.33. The second-order valence-electron chi connectivity index (χ2n) is 7.50. The zero-order valence-corrected chi connectivity index (χ0v) is 17.7. The molecule has 6 nitrogen and oxygen atoms in total. The molecule has 0 fully saturated rings. The fourth-order valence-corrected chi connectivity index (χ4v) is 3.57. The molecule has 0 atom stereocenters. The van der Waals surface area contributed by atoms with E-state index in [-0.39, 0.29) is 27.7 Å². The highest BCUT2D eigenvalue weighted by Gasteiger charge is 2.25. The maximum atomic E-state index is 13.0. The maximum Gasteiger partial charge on any atom is 0.342 e. The Labute approximate surface area is 167 Å². The molecule has 1 N–H and O–H groups in total. The highest BCUT2D eigenvalue weighted by molar-refractivity contribution is 7.87. The normalized spacial score (nSPS) is 11.8. The van der Waals surface area contributed by atoms with Crippen molar-refractivity contribution in [3.8, 4) is 11.5 Å². The van der Waals surface area contributed by atoms with Crippen LogP contribution in [0, 0.1) is 0 Å². The van der Waals surface area contributed by atoms with E-state index in [9.17, 15) is 13.2 Å². The summed E-state index contributed by atoms with van der Waals surface area (Å²) in [6, 6.07) is 11.3. The monoisotopic (exact) mass is 405 g/mol. The summed E-state index contributed by atoms with van der Waals surface area (Å²) in [7, 11) is -4.11. The Bertz CT molecular complexity index is 928. The lowest BCUT2D eigenvalue weighted by Gasteiger charge is -2.21. The summed E-state index contributed by atoms with van der Waals surface area (Å²) in [5, 5.41) is 2.62. The van der Waals surface area contributed by atoms with Gasteiger partial charge in [-0.2, -0.15) is 8.42 Å². The van der Waals surface area contributed by atoms with E-state index in [0.29, 0.717) is 12.3 Å². The van der Waals surface area contributed by atoms with Gasteiger partial charge in [0.15, 0.2) is 0 Å². The third-order valence-corrected chi connectivity index (χ3v) is 5.19. The Kier molecular flexibility index (Phi) is 6.72. The van der Waals surface area contributed by atoms with Crippen molar-refractivity contribution >= 4 is 21.7 Å². The number of anilines is 1. The number of rotatable bonds is 7. The molecule has 0 aliphatic rings. The van der Waals surface area contributed by atoms with Crippen LogP contribution in [0.4, 0.5) is 5.69 Å². The van der Waals surface area contributed by atoms with Crippen LogP contribution >= 0.6 is 0 Å². The Morgan fingerprint density at radius 3 is 2.25 bits per heavy atom. The van der Waals surface area contributed by atoms with Crippen molar-refractivity contribution in [2.45, 2.75) is 51.3 Å². The Morgan fingerprint density at radius 2 is 1.71 bits per heavy atom. The summed E-state index contributed by atoms with van der Waals surface area (Å²) >= 11 is 0. The molecule has 2 rings (SSSR count). The van der Waals surface area contributed by atoms with Crippen LogP contribution in [0.3, 0.4) is 0 Å². The lowest BCUT2D eigenvalue weighted by Crippen LogP contribution is -2.16. The SMILES string of the molecule is CCCOc1ccc(C(C)(C)C)cc1S(=O)(=O)Oc1ccc(NC(C)=O)cc1. The molecule has 0 heterocycles. The average molecular weight is 406 g/mol.